The number of carbonyl (C=O) groups excluding carboxylic acids is 1. The Morgan fingerprint density at radius 3 is 2.71 bits per heavy atom. The van der Waals surface area contributed by atoms with Gasteiger partial charge in [-0.25, -0.2) is 9.78 Å². The van der Waals surface area contributed by atoms with E-state index in [1.807, 2.05) is 26.8 Å². The van der Waals surface area contributed by atoms with E-state index in [9.17, 15) is 4.79 Å². The maximum absolute atomic E-state index is 12.5. The molecule has 0 unspecified atom stereocenters. The Bertz CT molecular complexity index is 566. The Balaban J connectivity index is 2.31. The first-order valence-corrected chi connectivity index (χ1v) is 8.88. The van der Waals surface area contributed by atoms with Crippen LogP contribution < -0.4 is 4.90 Å². The summed E-state index contributed by atoms with van der Waals surface area (Å²) >= 11 is 0. The summed E-state index contributed by atoms with van der Waals surface area (Å²) in [4.78, 5) is 21.0. The zero-order valence-corrected chi connectivity index (χ0v) is 15.9. The third-order valence-electron chi connectivity index (χ3n) is 4.37. The lowest BCUT2D eigenvalue weighted by molar-refractivity contribution is 0.0586. The molecule has 2 heterocycles. The van der Waals surface area contributed by atoms with Crippen LogP contribution in [0.2, 0.25) is 0 Å². The van der Waals surface area contributed by atoms with Crippen molar-refractivity contribution in [3.8, 4) is 0 Å². The molecular formula is C19H31N3O2. The van der Waals surface area contributed by atoms with E-state index in [1.165, 1.54) is 17.7 Å². The van der Waals surface area contributed by atoms with E-state index in [1.54, 1.807) is 13.2 Å². The minimum atomic E-state index is -0.519. The van der Waals surface area contributed by atoms with Gasteiger partial charge in [0.05, 0.1) is 0 Å². The SMILES string of the molecule is CC(C)N1CCCC[C@@H]1c1cccnc1N(C)C(=O)OC(C)(C)C. The minimum Gasteiger partial charge on any atom is -0.443 e. The molecule has 0 spiro atoms. The molecule has 0 aliphatic carbocycles. The van der Waals surface area contributed by atoms with Gasteiger partial charge >= 0.3 is 6.09 Å². The fourth-order valence-corrected chi connectivity index (χ4v) is 3.27. The predicted octanol–water partition coefficient (Wildman–Crippen LogP) is 4.39. The Morgan fingerprint density at radius 2 is 2.08 bits per heavy atom. The second kappa shape index (κ2) is 7.51. The zero-order chi connectivity index (χ0) is 17.9. The molecule has 1 aliphatic heterocycles. The van der Waals surface area contributed by atoms with E-state index >= 15 is 0 Å². The van der Waals surface area contributed by atoms with Crippen LogP contribution in [0.15, 0.2) is 18.3 Å². The highest BCUT2D eigenvalue weighted by Gasteiger charge is 2.30. The monoisotopic (exact) mass is 333 g/mol. The van der Waals surface area contributed by atoms with E-state index in [0.717, 1.165) is 18.5 Å². The molecule has 0 saturated carbocycles. The largest absolute Gasteiger partial charge is 0.443 e. The van der Waals surface area contributed by atoms with E-state index in [-0.39, 0.29) is 6.09 Å². The Hall–Kier alpha value is -1.62. The second-order valence-electron chi connectivity index (χ2n) is 7.80. The van der Waals surface area contributed by atoms with Gasteiger partial charge in [-0.15, -0.1) is 0 Å². The standard InChI is InChI=1S/C19H31N3O2/c1-14(2)22-13-8-7-11-16(22)15-10-9-12-20-17(15)21(6)18(23)24-19(3,4)5/h9-10,12,14,16H,7-8,11,13H2,1-6H3/t16-/m1/s1. The molecule has 0 bridgehead atoms. The summed E-state index contributed by atoms with van der Waals surface area (Å²) in [6, 6.07) is 4.81. The van der Waals surface area contributed by atoms with Crippen molar-refractivity contribution in [3.63, 3.8) is 0 Å². The van der Waals surface area contributed by atoms with Crippen molar-refractivity contribution in [1.82, 2.24) is 9.88 Å². The van der Waals surface area contributed by atoms with Crippen LogP contribution in [-0.4, -0.2) is 41.2 Å². The molecule has 0 radical (unpaired) electrons. The summed E-state index contributed by atoms with van der Waals surface area (Å²) in [6.07, 6.45) is 4.90. The predicted molar refractivity (Wildman–Crippen MR) is 97.3 cm³/mol. The van der Waals surface area contributed by atoms with Crippen molar-refractivity contribution >= 4 is 11.9 Å². The van der Waals surface area contributed by atoms with Gasteiger partial charge in [-0.3, -0.25) is 9.80 Å². The number of aromatic nitrogens is 1. The Labute approximate surface area is 146 Å². The molecule has 5 nitrogen and oxygen atoms in total. The molecule has 1 aromatic rings. The van der Waals surface area contributed by atoms with Crippen molar-refractivity contribution in [2.24, 2.45) is 0 Å². The zero-order valence-electron chi connectivity index (χ0n) is 15.9. The van der Waals surface area contributed by atoms with Crippen molar-refractivity contribution in [2.45, 2.75) is 71.6 Å². The molecule has 0 aromatic carbocycles. The number of ether oxygens (including phenoxy) is 1. The van der Waals surface area contributed by atoms with Gasteiger partial charge in [0.1, 0.15) is 11.4 Å². The summed E-state index contributed by atoms with van der Waals surface area (Å²) in [5.41, 5.74) is 0.592. The number of piperidine rings is 1. The number of hydrogen-bond donors (Lipinski definition) is 0. The van der Waals surface area contributed by atoms with Gasteiger partial charge in [0.2, 0.25) is 0 Å². The summed E-state index contributed by atoms with van der Waals surface area (Å²) in [5.74, 6) is 0.698. The normalized spacial score (nSPS) is 19.4. The molecule has 1 fully saturated rings. The average Bonchev–Trinajstić information content (AvgIpc) is 2.52. The van der Waals surface area contributed by atoms with E-state index in [0.29, 0.717) is 17.9 Å². The first kappa shape index (κ1) is 18.7. The molecule has 1 amide bonds. The van der Waals surface area contributed by atoms with Crippen molar-refractivity contribution in [3.05, 3.63) is 23.9 Å². The van der Waals surface area contributed by atoms with Crippen LogP contribution in [-0.2, 0) is 4.74 Å². The highest BCUT2D eigenvalue weighted by Crippen LogP contribution is 2.36. The number of hydrogen-bond acceptors (Lipinski definition) is 4. The third-order valence-corrected chi connectivity index (χ3v) is 4.37. The van der Waals surface area contributed by atoms with Gasteiger partial charge in [0.15, 0.2) is 0 Å². The van der Waals surface area contributed by atoms with Crippen molar-refractivity contribution < 1.29 is 9.53 Å². The maximum Gasteiger partial charge on any atom is 0.415 e. The fraction of sp³-hybridized carbons (Fsp3) is 0.684. The molecule has 0 N–H and O–H groups in total. The topological polar surface area (TPSA) is 45.7 Å². The van der Waals surface area contributed by atoms with Gasteiger partial charge in [-0.1, -0.05) is 12.5 Å². The van der Waals surface area contributed by atoms with Crippen LogP contribution in [0.5, 0.6) is 0 Å². The van der Waals surface area contributed by atoms with E-state index in [4.69, 9.17) is 4.74 Å². The van der Waals surface area contributed by atoms with E-state index < -0.39 is 5.60 Å². The lowest BCUT2D eigenvalue weighted by Crippen LogP contribution is -2.40. The smallest absolute Gasteiger partial charge is 0.415 e. The summed E-state index contributed by atoms with van der Waals surface area (Å²) < 4.78 is 5.50. The number of anilines is 1. The molecular weight excluding hydrogens is 302 g/mol. The van der Waals surface area contributed by atoms with Crippen molar-refractivity contribution in [2.75, 3.05) is 18.5 Å². The van der Waals surface area contributed by atoms with Gasteiger partial charge in [-0.2, -0.15) is 0 Å². The molecule has 134 valence electrons. The van der Waals surface area contributed by atoms with Crippen LogP contribution in [0.1, 0.15) is 65.5 Å². The molecule has 1 aromatic heterocycles. The van der Waals surface area contributed by atoms with Crippen LogP contribution in [0.3, 0.4) is 0 Å². The van der Waals surface area contributed by atoms with Crippen LogP contribution in [0.4, 0.5) is 10.6 Å². The third kappa shape index (κ3) is 4.47. The van der Waals surface area contributed by atoms with Crippen LogP contribution in [0.25, 0.3) is 0 Å². The molecule has 1 saturated heterocycles. The van der Waals surface area contributed by atoms with Gasteiger partial charge in [0.25, 0.3) is 0 Å². The molecule has 5 heteroatoms. The molecule has 1 aliphatic rings. The second-order valence-corrected chi connectivity index (χ2v) is 7.80. The number of likely N-dealkylation sites (tertiary alicyclic amines) is 1. The average molecular weight is 333 g/mol. The number of pyridine rings is 1. The summed E-state index contributed by atoms with van der Waals surface area (Å²) in [6.45, 7) is 11.2. The van der Waals surface area contributed by atoms with E-state index in [2.05, 4.69) is 29.8 Å². The first-order chi connectivity index (χ1) is 11.2. The Kier molecular flexibility index (Phi) is 5.86. The van der Waals surface area contributed by atoms with Crippen LogP contribution in [0, 0.1) is 0 Å². The van der Waals surface area contributed by atoms with Gasteiger partial charge in [0, 0.05) is 30.9 Å². The molecule has 1 atom stereocenters. The van der Waals surface area contributed by atoms with Crippen LogP contribution >= 0.6 is 0 Å². The number of rotatable bonds is 3. The maximum atomic E-state index is 12.5. The van der Waals surface area contributed by atoms with Crippen molar-refractivity contribution in [1.29, 1.82) is 0 Å². The highest BCUT2D eigenvalue weighted by atomic mass is 16.6. The minimum absolute atomic E-state index is 0.298. The first-order valence-electron chi connectivity index (χ1n) is 8.88. The number of nitrogens with zero attached hydrogens (tertiary/aromatic N) is 3. The quantitative estimate of drug-likeness (QED) is 0.823. The Morgan fingerprint density at radius 1 is 1.38 bits per heavy atom. The highest BCUT2D eigenvalue weighted by molar-refractivity contribution is 5.87. The lowest BCUT2D eigenvalue weighted by Gasteiger charge is -2.40. The summed E-state index contributed by atoms with van der Waals surface area (Å²) in [7, 11) is 1.74. The number of carbonyl (C=O) groups is 1. The number of amides is 1. The van der Waals surface area contributed by atoms with Gasteiger partial charge in [-0.05, 0) is 60.1 Å². The van der Waals surface area contributed by atoms with Gasteiger partial charge < -0.3 is 4.74 Å². The molecule has 2 rings (SSSR count). The summed E-state index contributed by atoms with van der Waals surface area (Å²) in [5, 5.41) is 0. The fourth-order valence-electron chi connectivity index (χ4n) is 3.27. The molecule has 24 heavy (non-hydrogen) atoms. The lowest BCUT2D eigenvalue weighted by atomic mass is 9.94.